The van der Waals surface area contributed by atoms with Crippen LogP contribution in [0.25, 0.3) is 0 Å². The summed E-state index contributed by atoms with van der Waals surface area (Å²) in [5, 5.41) is 0. The molecule has 0 aliphatic carbocycles. The summed E-state index contributed by atoms with van der Waals surface area (Å²) in [5.41, 5.74) is 0. The normalized spacial score (nSPS) is 7.50. The van der Waals surface area contributed by atoms with Crippen molar-refractivity contribution in [1.82, 2.24) is 0 Å². The Labute approximate surface area is 71.2 Å². The number of hydrogen-bond acceptors (Lipinski definition) is 1. The molecule has 0 aliphatic rings. The molecule has 21 valence electrons. The van der Waals surface area contributed by atoms with Crippen LogP contribution in [0.2, 0.25) is 6.55 Å². The molecule has 0 amide bonds. The van der Waals surface area contributed by atoms with Crippen LogP contribution in [-0.2, 0) is 0 Å². The van der Waals surface area contributed by atoms with Crippen LogP contribution in [-0.4, -0.2) is 65.9 Å². The summed E-state index contributed by atoms with van der Waals surface area (Å²) < 4.78 is 0. The van der Waals surface area contributed by atoms with E-state index >= 15 is 0 Å². The summed E-state index contributed by atoms with van der Waals surface area (Å²) in [6, 6.07) is 0. The van der Waals surface area contributed by atoms with E-state index in [0.717, 1.165) is 0 Å². The molecule has 3 heteroatoms. The van der Waals surface area contributed by atoms with E-state index in [9.17, 15) is 0 Å². The molecule has 4 heavy (non-hydrogen) atoms. The molecule has 0 aromatic rings. The molecule has 0 heterocycles. The fourth-order valence-electron chi connectivity index (χ4n) is 0. The van der Waals surface area contributed by atoms with Crippen LogP contribution in [0.1, 0.15) is 0 Å². The zero-order chi connectivity index (χ0) is 2.71. The van der Waals surface area contributed by atoms with Crippen molar-refractivity contribution >= 4 is 61.1 Å². The minimum atomic E-state index is -0.583. The second-order valence-corrected chi connectivity index (χ2v) is 0.949. The van der Waals surface area contributed by atoms with Crippen molar-refractivity contribution in [1.29, 1.82) is 0 Å². The van der Waals surface area contributed by atoms with E-state index in [2.05, 4.69) is 0 Å². The van der Waals surface area contributed by atoms with Gasteiger partial charge in [-0.2, -0.15) is 0 Å². The molecule has 0 rings (SSSR count). The van der Waals surface area contributed by atoms with Gasteiger partial charge in [-0.05, 0) is 0 Å². The molecule has 0 saturated heterocycles. The third kappa shape index (κ3) is 9.18. The van der Waals surface area contributed by atoms with Crippen LogP contribution in [0.4, 0.5) is 0 Å². The molecule has 0 aliphatic heterocycles. The van der Waals surface area contributed by atoms with Gasteiger partial charge in [0.05, 0.1) is 0 Å². The maximum atomic E-state index is 7.71. The van der Waals surface area contributed by atoms with Gasteiger partial charge < -0.3 is 4.80 Å². The summed E-state index contributed by atoms with van der Waals surface area (Å²) in [7, 11) is -0.583. The van der Waals surface area contributed by atoms with Crippen molar-refractivity contribution in [2.24, 2.45) is 0 Å². The summed E-state index contributed by atoms with van der Waals surface area (Å²) in [6.45, 7) is 1.82. The standard InChI is InChI=1S/CH6OSi.K/c1-3-2;/h2H,3H2,1H3;. The average Bonchev–Trinajstić information content (AvgIpc) is 0.918. The quantitative estimate of drug-likeness (QED) is 0.377. The summed E-state index contributed by atoms with van der Waals surface area (Å²) in [6.07, 6.45) is 0. The Balaban J connectivity index is 0. The van der Waals surface area contributed by atoms with Crippen LogP contribution in [0.3, 0.4) is 0 Å². The van der Waals surface area contributed by atoms with Crippen molar-refractivity contribution in [3.05, 3.63) is 0 Å². The first-order valence-electron chi connectivity index (χ1n) is 1.02. The molecule has 0 aromatic carbocycles. The van der Waals surface area contributed by atoms with Crippen LogP contribution < -0.4 is 0 Å². The van der Waals surface area contributed by atoms with Crippen molar-refractivity contribution in [2.75, 3.05) is 0 Å². The van der Waals surface area contributed by atoms with Crippen molar-refractivity contribution in [2.45, 2.75) is 6.55 Å². The minimum Gasteiger partial charge on any atom is -0.438 e. The molecule has 0 spiro atoms. The summed E-state index contributed by atoms with van der Waals surface area (Å²) in [5.74, 6) is 0. The molecular formula is CH6KOSi. The van der Waals surface area contributed by atoms with Gasteiger partial charge in [0.15, 0.2) is 9.76 Å². The van der Waals surface area contributed by atoms with Crippen molar-refractivity contribution in [3.63, 3.8) is 0 Å². The van der Waals surface area contributed by atoms with E-state index in [-0.39, 0.29) is 51.4 Å². The number of hydrogen-bond donors (Lipinski definition) is 1. The first-order valence-corrected chi connectivity index (χ1v) is 3.07. The van der Waals surface area contributed by atoms with Crippen molar-refractivity contribution < 1.29 is 4.80 Å². The van der Waals surface area contributed by atoms with Gasteiger partial charge >= 0.3 is 0 Å². The van der Waals surface area contributed by atoms with Gasteiger partial charge in [0.25, 0.3) is 0 Å². The largest absolute Gasteiger partial charge is 0.438 e. The molecule has 0 bridgehead atoms. The van der Waals surface area contributed by atoms with Gasteiger partial charge in [0.2, 0.25) is 0 Å². The van der Waals surface area contributed by atoms with Crippen LogP contribution in [0.15, 0.2) is 0 Å². The molecule has 1 radical (unpaired) electrons. The Morgan fingerprint density at radius 2 is 1.75 bits per heavy atom. The molecule has 0 aromatic heterocycles. The number of rotatable bonds is 0. The first kappa shape index (κ1) is 9.26. The average molecular weight is 101 g/mol. The maximum Gasteiger partial charge on any atom is 0.153 e. The fourth-order valence-corrected chi connectivity index (χ4v) is 0. The fraction of sp³-hybridized carbons (Fsp3) is 1.00. The monoisotopic (exact) mass is 101 g/mol. The van der Waals surface area contributed by atoms with Gasteiger partial charge in [0, 0.05) is 51.4 Å². The van der Waals surface area contributed by atoms with E-state index in [4.69, 9.17) is 4.80 Å². The van der Waals surface area contributed by atoms with E-state index < -0.39 is 9.76 Å². The Bertz CT molecular complexity index is 8.00. The third-order valence-corrected chi connectivity index (χ3v) is 0. The maximum absolute atomic E-state index is 7.71. The summed E-state index contributed by atoms with van der Waals surface area (Å²) >= 11 is 0. The topological polar surface area (TPSA) is 20.2 Å². The van der Waals surface area contributed by atoms with E-state index in [1.165, 1.54) is 0 Å². The molecule has 0 saturated carbocycles. The van der Waals surface area contributed by atoms with Gasteiger partial charge in [-0.1, -0.05) is 6.55 Å². The third-order valence-electron chi connectivity index (χ3n) is 0. The van der Waals surface area contributed by atoms with Crippen molar-refractivity contribution in [3.8, 4) is 0 Å². The zero-order valence-electron chi connectivity index (χ0n) is 3.15. The van der Waals surface area contributed by atoms with E-state index in [0.29, 0.717) is 0 Å². The molecule has 0 unspecified atom stereocenters. The second kappa shape index (κ2) is 8.84. The first-order chi connectivity index (χ1) is 1.41. The Morgan fingerprint density at radius 1 is 1.75 bits per heavy atom. The second-order valence-electron chi connectivity index (χ2n) is 0.316. The summed E-state index contributed by atoms with van der Waals surface area (Å²) in [4.78, 5) is 7.71. The van der Waals surface area contributed by atoms with Gasteiger partial charge in [-0.15, -0.1) is 0 Å². The smallest absolute Gasteiger partial charge is 0.153 e. The Kier molecular flexibility index (Phi) is 20.5. The van der Waals surface area contributed by atoms with Crippen LogP contribution in [0.5, 0.6) is 0 Å². The minimum absolute atomic E-state index is 0. The SMILES string of the molecule is C[SiH2]O.[K]. The molecule has 0 atom stereocenters. The van der Waals surface area contributed by atoms with E-state index in [1.54, 1.807) is 0 Å². The Hall–Kier alpha value is 1.81. The molecule has 1 N–H and O–H groups in total. The zero-order valence-corrected chi connectivity index (χ0v) is 7.69. The molecular weight excluding hydrogens is 95.2 g/mol. The molecule has 1 nitrogen and oxygen atoms in total. The predicted octanol–water partition coefficient (Wildman–Crippen LogP) is -1.27. The van der Waals surface area contributed by atoms with Gasteiger partial charge in [-0.25, -0.2) is 0 Å². The molecule has 0 fully saturated rings. The van der Waals surface area contributed by atoms with E-state index in [1.807, 2.05) is 6.55 Å². The predicted molar refractivity (Wildman–Crippen MR) is 22.4 cm³/mol. The van der Waals surface area contributed by atoms with Gasteiger partial charge in [-0.3, -0.25) is 0 Å². The van der Waals surface area contributed by atoms with Crippen LogP contribution >= 0.6 is 0 Å². The Morgan fingerprint density at radius 3 is 1.75 bits per heavy atom. The van der Waals surface area contributed by atoms with Crippen LogP contribution in [0, 0.1) is 0 Å². The van der Waals surface area contributed by atoms with Gasteiger partial charge in [0.1, 0.15) is 0 Å².